The molecule has 0 saturated carbocycles. The lowest BCUT2D eigenvalue weighted by atomic mass is 10.2. The zero-order chi connectivity index (χ0) is 22.1. The summed E-state index contributed by atoms with van der Waals surface area (Å²) in [6.45, 7) is 2.84. The van der Waals surface area contributed by atoms with Crippen LogP contribution < -0.4 is 19.6 Å². The van der Waals surface area contributed by atoms with Crippen molar-refractivity contribution in [2.75, 3.05) is 13.7 Å². The fourth-order valence-corrected chi connectivity index (χ4v) is 2.84. The van der Waals surface area contributed by atoms with Gasteiger partial charge in [-0.1, -0.05) is 23.7 Å². The second-order valence-corrected chi connectivity index (χ2v) is 6.92. The van der Waals surface area contributed by atoms with Crippen molar-refractivity contribution in [1.29, 1.82) is 0 Å². The Morgan fingerprint density at radius 3 is 2.42 bits per heavy atom. The standard InChI is InChI=1S/C24H23ClN2O4/c1-3-30-22-13-8-19(14-23(22)29-2)24(28)27-26-15-17-6-11-21(12-7-17)31-16-18-4-9-20(25)10-5-18/h4-15H,3,16H2,1-2H3,(H,27,28)/b26-15+. The number of ether oxygens (including phenoxy) is 3. The van der Waals surface area contributed by atoms with Crippen molar-refractivity contribution in [3.8, 4) is 17.2 Å². The SMILES string of the molecule is CCOc1ccc(C(=O)N/N=C/c2ccc(OCc3ccc(Cl)cc3)cc2)cc1OC. The molecule has 0 bridgehead atoms. The van der Waals surface area contributed by atoms with Crippen LogP contribution in [0.15, 0.2) is 71.8 Å². The Labute approximate surface area is 186 Å². The highest BCUT2D eigenvalue weighted by molar-refractivity contribution is 6.30. The first kappa shape index (κ1) is 22.2. The molecular weight excluding hydrogens is 416 g/mol. The summed E-state index contributed by atoms with van der Waals surface area (Å²) in [5, 5.41) is 4.71. The number of hydrogen-bond donors (Lipinski definition) is 1. The van der Waals surface area contributed by atoms with E-state index in [9.17, 15) is 4.79 Å². The summed E-state index contributed by atoms with van der Waals surface area (Å²) in [6, 6.07) is 19.9. The zero-order valence-electron chi connectivity index (χ0n) is 17.3. The van der Waals surface area contributed by atoms with Crippen molar-refractivity contribution in [3.63, 3.8) is 0 Å². The van der Waals surface area contributed by atoms with Gasteiger partial charge in [-0.3, -0.25) is 4.79 Å². The van der Waals surface area contributed by atoms with Gasteiger partial charge in [-0.05, 0) is 72.6 Å². The Kier molecular flexibility index (Phi) is 7.90. The lowest BCUT2D eigenvalue weighted by Gasteiger charge is -2.10. The minimum atomic E-state index is -0.347. The highest BCUT2D eigenvalue weighted by Crippen LogP contribution is 2.28. The van der Waals surface area contributed by atoms with Gasteiger partial charge in [-0.15, -0.1) is 0 Å². The van der Waals surface area contributed by atoms with Gasteiger partial charge in [0, 0.05) is 10.6 Å². The predicted octanol–water partition coefficient (Wildman–Crippen LogP) is 5.09. The van der Waals surface area contributed by atoms with Crippen molar-refractivity contribution in [3.05, 3.63) is 88.4 Å². The maximum absolute atomic E-state index is 12.3. The molecule has 0 atom stereocenters. The van der Waals surface area contributed by atoms with E-state index in [0.29, 0.717) is 35.3 Å². The number of benzene rings is 3. The van der Waals surface area contributed by atoms with Crippen LogP contribution in [-0.4, -0.2) is 25.8 Å². The van der Waals surface area contributed by atoms with Gasteiger partial charge in [0.25, 0.3) is 5.91 Å². The minimum absolute atomic E-state index is 0.347. The van der Waals surface area contributed by atoms with Gasteiger partial charge in [-0.2, -0.15) is 5.10 Å². The fraction of sp³-hybridized carbons (Fsp3) is 0.167. The number of methoxy groups -OCH3 is 1. The highest BCUT2D eigenvalue weighted by atomic mass is 35.5. The largest absolute Gasteiger partial charge is 0.493 e. The number of nitrogens with one attached hydrogen (secondary N) is 1. The van der Waals surface area contributed by atoms with Crippen molar-refractivity contribution < 1.29 is 19.0 Å². The molecule has 3 rings (SSSR count). The van der Waals surface area contributed by atoms with E-state index in [1.165, 1.54) is 7.11 Å². The Bertz CT molecular complexity index is 1030. The summed E-state index contributed by atoms with van der Waals surface area (Å²) in [5.41, 5.74) is 4.78. The molecule has 3 aromatic rings. The molecule has 3 aromatic carbocycles. The first-order valence-electron chi connectivity index (χ1n) is 9.70. The number of halogens is 1. The average Bonchev–Trinajstić information content (AvgIpc) is 2.80. The molecule has 0 aliphatic carbocycles. The minimum Gasteiger partial charge on any atom is -0.493 e. The highest BCUT2D eigenvalue weighted by Gasteiger charge is 2.10. The number of hydrogen-bond acceptors (Lipinski definition) is 5. The van der Waals surface area contributed by atoms with Crippen LogP contribution in [0.25, 0.3) is 0 Å². The van der Waals surface area contributed by atoms with Gasteiger partial charge in [0.05, 0.1) is 19.9 Å². The van der Waals surface area contributed by atoms with Gasteiger partial charge < -0.3 is 14.2 Å². The Balaban J connectivity index is 1.53. The molecule has 0 fully saturated rings. The van der Waals surface area contributed by atoms with Gasteiger partial charge in [0.15, 0.2) is 11.5 Å². The zero-order valence-corrected chi connectivity index (χ0v) is 18.1. The molecular formula is C24H23ClN2O4. The van der Waals surface area contributed by atoms with Gasteiger partial charge >= 0.3 is 0 Å². The molecule has 0 heterocycles. The monoisotopic (exact) mass is 438 g/mol. The molecule has 31 heavy (non-hydrogen) atoms. The Morgan fingerprint density at radius 1 is 1.00 bits per heavy atom. The van der Waals surface area contributed by atoms with E-state index in [1.807, 2.05) is 55.5 Å². The summed E-state index contributed by atoms with van der Waals surface area (Å²) < 4.78 is 16.5. The summed E-state index contributed by atoms with van der Waals surface area (Å²) >= 11 is 5.88. The molecule has 0 aliphatic heterocycles. The van der Waals surface area contributed by atoms with Crippen molar-refractivity contribution in [1.82, 2.24) is 5.43 Å². The maximum Gasteiger partial charge on any atom is 0.271 e. The molecule has 160 valence electrons. The molecule has 0 saturated heterocycles. The van der Waals surface area contributed by atoms with Gasteiger partial charge in [-0.25, -0.2) is 5.43 Å². The number of hydrazone groups is 1. The van der Waals surface area contributed by atoms with Crippen LogP contribution in [-0.2, 0) is 6.61 Å². The summed E-state index contributed by atoms with van der Waals surface area (Å²) in [7, 11) is 1.53. The molecule has 1 amide bonds. The second-order valence-electron chi connectivity index (χ2n) is 6.48. The van der Waals surface area contributed by atoms with E-state index in [-0.39, 0.29) is 5.91 Å². The van der Waals surface area contributed by atoms with Crippen molar-refractivity contribution >= 4 is 23.7 Å². The lowest BCUT2D eigenvalue weighted by Crippen LogP contribution is -2.17. The van der Waals surface area contributed by atoms with Crippen LogP contribution >= 0.6 is 11.6 Å². The van der Waals surface area contributed by atoms with Crippen LogP contribution in [0.1, 0.15) is 28.4 Å². The number of nitrogens with zero attached hydrogens (tertiary/aromatic N) is 1. The van der Waals surface area contributed by atoms with E-state index in [1.54, 1.807) is 24.4 Å². The third-order valence-corrected chi connectivity index (χ3v) is 4.56. The molecule has 0 radical (unpaired) electrons. The molecule has 7 heteroatoms. The smallest absolute Gasteiger partial charge is 0.271 e. The number of carbonyl (C=O) groups excluding carboxylic acids is 1. The molecule has 6 nitrogen and oxygen atoms in total. The van der Waals surface area contributed by atoms with Crippen LogP contribution in [0.5, 0.6) is 17.2 Å². The van der Waals surface area contributed by atoms with Crippen molar-refractivity contribution in [2.45, 2.75) is 13.5 Å². The first-order valence-corrected chi connectivity index (χ1v) is 10.1. The summed E-state index contributed by atoms with van der Waals surface area (Å²) in [6.07, 6.45) is 1.56. The normalized spacial score (nSPS) is 10.7. The lowest BCUT2D eigenvalue weighted by molar-refractivity contribution is 0.0954. The van der Waals surface area contributed by atoms with E-state index >= 15 is 0 Å². The van der Waals surface area contributed by atoms with Crippen LogP contribution in [0, 0.1) is 0 Å². The molecule has 1 N–H and O–H groups in total. The quantitative estimate of drug-likeness (QED) is 0.373. The van der Waals surface area contributed by atoms with Gasteiger partial charge in [0.1, 0.15) is 12.4 Å². The van der Waals surface area contributed by atoms with Crippen LogP contribution in [0.4, 0.5) is 0 Å². The molecule has 0 unspecified atom stereocenters. The molecule has 0 aliphatic rings. The topological polar surface area (TPSA) is 69.2 Å². The Hall–Kier alpha value is -3.51. The Morgan fingerprint density at radius 2 is 1.74 bits per heavy atom. The summed E-state index contributed by atoms with van der Waals surface area (Å²) in [4.78, 5) is 12.3. The third-order valence-electron chi connectivity index (χ3n) is 4.30. The molecule has 0 aromatic heterocycles. The second kappa shape index (κ2) is 11.0. The van der Waals surface area contributed by atoms with Crippen LogP contribution in [0.3, 0.4) is 0 Å². The third kappa shape index (κ3) is 6.49. The number of rotatable bonds is 9. The average molecular weight is 439 g/mol. The van der Waals surface area contributed by atoms with E-state index in [2.05, 4.69) is 10.5 Å². The van der Waals surface area contributed by atoms with E-state index < -0.39 is 0 Å². The van der Waals surface area contributed by atoms with Crippen molar-refractivity contribution in [2.24, 2.45) is 5.10 Å². The first-order chi connectivity index (χ1) is 15.1. The van der Waals surface area contributed by atoms with Gasteiger partial charge in [0.2, 0.25) is 0 Å². The maximum atomic E-state index is 12.3. The number of amides is 1. The van der Waals surface area contributed by atoms with Crippen LogP contribution in [0.2, 0.25) is 5.02 Å². The molecule has 0 spiro atoms. The van der Waals surface area contributed by atoms with E-state index in [4.69, 9.17) is 25.8 Å². The number of carbonyl (C=O) groups is 1. The summed E-state index contributed by atoms with van der Waals surface area (Å²) in [5.74, 6) is 1.47. The predicted molar refractivity (Wildman–Crippen MR) is 121 cm³/mol. The van der Waals surface area contributed by atoms with E-state index in [0.717, 1.165) is 16.9 Å². The fourth-order valence-electron chi connectivity index (χ4n) is 2.71.